The van der Waals surface area contributed by atoms with E-state index in [1.807, 2.05) is 23.1 Å². The Bertz CT molecular complexity index is 1080. The van der Waals surface area contributed by atoms with Crippen LogP contribution >= 0.6 is 0 Å². The topological polar surface area (TPSA) is 55.2 Å². The van der Waals surface area contributed by atoms with E-state index in [2.05, 4.69) is 18.1 Å². The van der Waals surface area contributed by atoms with Gasteiger partial charge in [-0.2, -0.15) is 9.78 Å². The third-order valence-electron chi connectivity index (χ3n) is 5.18. The van der Waals surface area contributed by atoms with Crippen molar-refractivity contribution in [1.82, 2.24) is 14.7 Å². The minimum absolute atomic E-state index is 0.0791. The molecule has 2 heterocycles. The molecule has 0 bridgehead atoms. The highest BCUT2D eigenvalue weighted by Gasteiger charge is 2.30. The summed E-state index contributed by atoms with van der Waals surface area (Å²) in [5, 5.41) is 4.26. The zero-order valence-electron chi connectivity index (χ0n) is 15.5. The number of hydrogen-bond acceptors (Lipinski definition) is 3. The summed E-state index contributed by atoms with van der Waals surface area (Å²) >= 11 is 0. The van der Waals surface area contributed by atoms with Gasteiger partial charge in [-0.05, 0) is 54.3 Å². The number of hydrogen-bond donors (Lipinski definition) is 0. The standard InChI is InChI=1S/C22H20FN3O2/c1-2-18-13-15-5-3-4-6-16(15)14-25(18)22(28)20-11-12-21(27)26(24-20)19-9-7-17(23)8-10-19/h3-12,18H,2,13-14H2,1H3. The van der Waals surface area contributed by atoms with E-state index < -0.39 is 5.82 Å². The normalized spacial score (nSPS) is 15.9. The van der Waals surface area contributed by atoms with E-state index in [1.54, 1.807) is 0 Å². The highest BCUT2D eigenvalue weighted by molar-refractivity contribution is 5.92. The number of amides is 1. The molecular formula is C22H20FN3O2. The Labute approximate surface area is 162 Å². The molecule has 1 aliphatic heterocycles. The molecule has 0 fully saturated rings. The maximum atomic E-state index is 13.2. The maximum Gasteiger partial charge on any atom is 0.274 e. The molecule has 0 spiro atoms. The fraction of sp³-hybridized carbons (Fsp3) is 0.227. The van der Waals surface area contributed by atoms with Crippen molar-refractivity contribution in [2.75, 3.05) is 0 Å². The SMILES string of the molecule is CCC1Cc2ccccc2CN1C(=O)c1ccc(=O)n(-c2ccc(F)cc2)n1. The molecule has 0 N–H and O–H groups in total. The second-order valence-corrected chi connectivity index (χ2v) is 6.91. The first kappa shape index (κ1) is 18.1. The molecule has 5 nitrogen and oxygen atoms in total. The summed E-state index contributed by atoms with van der Waals surface area (Å²) in [4.78, 5) is 27.3. The lowest BCUT2D eigenvalue weighted by Crippen LogP contribution is -2.44. The van der Waals surface area contributed by atoms with E-state index >= 15 is 0 Å². The van der Waals surface area contributed by atoms with Gasteiger partial charge in [-0.1, -0.05) is 31.2 Å². The van der Waals surface area contributed by atoms with Crippen LogP contribution in [0.2, 0.25) is 0 Å². The van der Waals surface area contributed by atoms with Gasteiger partial charge < -0.3 is 4.90 Å². The predicted octanol–water partition coefficient (Wildman–Crippen LogP) is 3.35. The van der Waals surface area contributed by atoms with Gasteiger partial charge in [0.15, 0.2) is 0 Å². The van der Waals surface area contributed by atoms with Crippen molar-refractivity contribution in [2.24, 2.45) is 0 Å². The zero-order valence-corrected chi connectivity index (χ0v) is 15.5. The van der Waals surface area contributed by atoms with E-state index in [0.29, 0.717) is 12.2 Å². The van der Waals surface area contributed by atoms with Gasteiger partial charge in [0.25, 0.3) is 11.5 Å². The van der Waals surface area contributed by atoms with Crippen LogP contribution < -0.4 is 5.56 Å². The third-order valence-corrected chi connectivity index (χ3v) is 5.18. The summed E-state index contributed by atoms with van der Waals surface area (Å²) in [6.45, 7) is 2.58. The molecule has 1 unspecified atom stereocenters. The van der Waals surface area contributed by atoms with Gasteiger partial charge >= 0.3 is 0 Å². The van der Waals surface area contributed by atoms with Crippen molar-refractivity contribution in [3.8, 4) is 5.69 Å². The largest absolute Gasteiger partial charge is 0.330 e. The van der Waals surface area contributed by atoms with Crippen LogP contribution in [0.3, 0.4) is 0 Å². The number of aromatic nitrogens is 2. The van der Waals surface area contributed by atoms with Gasteiger partial charge in [-0.3, -0.25) is 9.59 Å². The molecule has 2 aromatic carbocycles. The fourth-order valence-corrected chi connectivity index (χ4v) is 3.63. The van der Waals surface area contributed by atoms with Crippen LogP contribution in [0.4, 0.5) is 4.39 Å². The van der Waals surface area contributed by atoms with E-state index in [0.717, 1.165) is 23.1 Å². The second-order valence-electron chi connectivity index (χ2n) is 6.91. The Morgan fingerprint density at radius 2 is 1.79 bits per heavy atom. The van der Waals surface area contributed by atoms with E-state index in [1.165, 1.54) is 42.0 Å². The van der Waals surface area contributed by atoms with E-state index in [4.69, 9.17) is 0 Å². The molecule has 28 heavy (non-hydrogen) atoms. The van der Waals surface area contributed by atoms with Gasteiger partial charge in [-0.25, -0.2) is 4.39 Å². The number of nitrogens with zero attached hydrogens (tertiary/aromatic N) is 3. The van der Waals surface area contributed by atoms with Crippen LogP contribution in [0, 0.1) is 5.82 Å². The summed E-state index contributed by atoms with van der Waals surface area (Å²) in [6.07, 6.45) is 1.63. The lowest BCUT2D eigenvalue weighted by molar-refractivity contribution is 0.0626. The van der Waals surface area contributed by atoms with Gasteiger partial charge in [-0.15, -0.1) is 0 Å². The zero-order chi connectivity index (χ0) is 19.7. The first-order chi connectivity index (χ1) is 13.6. The predicted molar refractivity (Wildman–Crippen MR) is 104 cm³/mol. The molecule has 0 saturated heterocycles. The lowest BCUT2D eigenvalue weighted by atomic mass is 9.92. The highest BCUT2D eigenvalue weighted by Crippen LogP contribution is 2.26. The fourth-order valence-electron chi connectivity index (χ4n) is 3.63. The Balaban J connectivity index is 1.69. The molecule has 0 radical (unpaired) electrons. The quantitative estimate of drug-likeness (QED) is 0.703. The van der Waals surface area contributed by atoms with Crippen molar-refractivity contribution in [1.29, 1.82) is 0 Å². The number of rotatable bonds is 3. The second kappa shape index (κ2) is 7.38. The van der Waals surface area contributed by atoms with Crippen molar-refractivity contribution >= 4 is 5.91 Å². The first-order valence-electron chi connectivity index (χ1n) is 9.31. The van der Waals surface area contributed by atoms with Crippen LogP contribution in [0.5, 0.6) is 0 Å². The molecule has 1 amide bonds. The molecule has 1 aromatic heterocycles. The summed E-state index contributed by atoms with van der Waals surface area (Å²) < 4.78 is 14.3. The van der Waals surface area contributed by atoms with Gasteiger partial charge in [0.2, 0.25) is 0 Å². The Morgan fingerprint density at radius 1 is 1.07 bits per heavy atom. The molecule has 1 atom stereocenters. The minimum Gasteiger partial charge on any atom is -0.330 e. The average Bonchev–Trinajstić information content (AvgIpc) is 2.73. The summed E-state index contributed by atoms with van der Waals surface area (Å²) in [5.41, 5.74) is 2.63. The minimum atomic E-state index is -0.401. The summed E-state index contributed by atoms with van der Waals surface area (Å²) in [5.74, 6) is -0.612. The monoisotopic (exact) mass is 377 g/mol. The molecule has 6 heteroatoms. The van der Waals surface area contributed by atoms with Crippen molar-refractivity contribution < 1.29 is 9.18 Å². The number of fused-ring (bicyclic) bond motifs is 1. The Morgan fingerprint density at radius 3 is 2.50 bits per heavy atom. The van der Waals surface area contributed by atoms with Crippen LogP contribution in [0.15, 0.2) is 65.5 Å². The summed E-state index contributed by atoms with van der Waals surface area (Å²) in [7, 11) is 0. The van der Waals surface area contributed by atoms with E-state index in [-0.39, 0.29) is 23.2 Å². The third kappa shape index (κ3) is 3.33. The van der Waals surface area contributed by atoms with Gasteiger partial charge in [0, 0.05) is 18.7 Å². The Kier molecular flexibility index (Phi) is 4.77. The van der Waals surface area contributed by atoms with Gasteiger partial charge in [0.05, 0.1) is 5.69 Å². The van der Waals surface area contributed by atoms with Crippen LogP contribution in [-0.4, -0.2) is 26.6 Å². The molecule has 4 rings (SSSR count). The number of halogens is 1. The summed E-state index contributed by atoms with van der Waals surface area (Å²) in [6, 6.07) is 16.4. The molecule has 3 aromatic rings. The molecule has 142 valence electrons. The average molecular weight is 377 g/mol. The van der Waals surface area contributed by atoms with Crippen LogP contribution in [-0.2, 0) is 13.0 Å². The van der Waals surface area contributed by atoms with Crippen LogP contribution in [0.25, 0.3) is 5.69 Å². The van der Waals surface area contributed by atoms with Crippen molar-refractivity contribution in [3.05, 3.63) is 93.7 Å². The Hall–Kier alpha value is -3.28. The molecular weight excluding hydrogens is 357 g/mol. The molecule has 0 saturated carbocycles. The smallest absolute Gasteiger partial charge is 0.274 e. The first-order valence-corrected chi connectivity index (χ1v) is 9.31. The molecule has 1 aliphatic rings. The number of carbonyl (C=O) groups is 1. The molecule has 0 aliphatic carbocycles. The van der Waals surface area contributed by atoms with Crippen LogP contribution in [0.1, 0.15) is 35.0 Å². The van der Waals surface area contributed by atoms with E-state index in [9.17, 15) is 14.0 Å². The number of benzene rings is 2. The van der Waals surface area contributed by atoms with Gasteiger partial charge in [0.1, 0.15) is 11.5 Å². The van der Waals surface area contributed by atoms with Crippen molar-refractivity contribution in [2.45, 2.75) is 32.4 Å². The maximum absolute atomic E-state index is 13.2. The number of carbonyl (C=O) groups excluding carboxylic acids is 1. The lowest BCUT2D eigenvalue weighted by Gasteiger charge is -2.36. The highest BCUT2D eigenvalue weighted by atomic mass is 19.1. The van der Waals surface area contributed by atoms with Crippen molar-refractivity contribution in [3.63, 3.8) is 0 Å².